The quantitative estimate of drug-likeness (QED) is 0.727. The third-order valence-electron chi connectivity index (χ3n) is 7.16. The highest BCUT2D eigenvalue weighted by molar-refractivity contribution is 5.35. The summed E-state index contributed by atoms with van der Waals surface area (Å²) < 4.78 is 0. The summed E-state index contributed by atoms with van der Waals surface area (Å²) in [5, 5.41) is 10.1. The first-order chi connectivity index (χ1) is 13.2. The number of aromatic hydroxyl groups is 1. The molecule has 27 heavy (non-hydrogen) atoms. The lowest BCUT2D eigenvalue weighted by molar-refractivity contribution is -0.0158. The van der Waals surface area contributed by atoms with Crippen LogP contribution in [0.4, 0.5) is 0 Å². The van der Waals surface area contributed by atoms with Gasteiger partial charge in [-0.25, -0.2) is 0 Å². The molecule has 4 rings (SSSR count). The van der Waals surface area contributed by atoms with Gasteiger partial charge in [0.2, 0.25) is 0 Å². The number of phenols is 1. The molecule has 2 heteroatoms. The lowest BCUT2D eigenvalue weighted by Crippen LogP contribution is -2.58. The van der Waals surface area contributed by atoms with Crippen LogP contribution in [0.25, 0.3) is 0 Å². The van der Waals surface area contributed by atoms with Gasteiger partial charge in [-0.05, 0) is 67.8 Å². The van der Waals surface area contributed by atoms with Crippen LogP contribution < -0.4 is 0 Å². The molecule has 1 N–H and O–H groups in total. The molecule has 144 valence electrons. The Bertz CT molecular complexity index is 743. The molecule has 1 heterocycles. The summed E-state index contributed by atoms with van der Waals surface area (Å²) in [7, 11) is 0. The molecule has 1 saturated carbocycles. The second-order valence-corrected chi connectivity index (χ2v) is 8.58. The van der Waals surface area contributed by atoms with Crippen molar-refractivity contribution in [2.45, 2.75) is 63.3 Å². The largest absolute Gasteiger partial charge is 0.508 e. The molecule has 2 nitrogen and oxygen atoms in total. The summed E-state index contributed by atoms with van der Waals surface area (Å²) in [6, 6.07) is 19.8. The monoisotopic (exact) mass is 363 g/mol. The Morgan fingerprint density at radius 2 is 1.93 bits per heavy atom. The number of rotatable bonds is 6. The molecule has 0 aromatic heterocycles. The second-order valence-electron chi connectivity index (χ2n) is 8.58. The van der Waals surface area contributed by atoms with Crippen LogP contribution in [-0.4, -0.2) is 29.1 Å². The van der Waals surface area contributed by atoms with Crippen LogP contribution >= 0.6 is 0 Å². The van der Waals surface area contributed by atoms with Crippen LogP contribution in [0.3, 0.4) is 0 Å². The van der Waals surface area contributed by atoms with Gasteiger partial charge in [0, 0.05) is 18.0 Å². The maximum atomic E-state index is 10.1. The van der Waals surface area contributed by atoms with Crippen molar-refractivity contribution in [2.24, 2.45) is 5.92 Å². The molecular weight excluding hydrogens is 330 g/mol. The Balaban J connectivity index is 1.57. The van der Waals surface area contributed by atoms with Gasteiger partial charge in [0.05, 0.1) is 0 Å². The number of piperidine rings is 1. The Hall–Kier alpha value is -1.80. The molecule has 3 atom stereocenters. The van der Waals surface area contributed by atoms with E-state index in [2.05, 4.69) is 48.2 Å². The fourth-order valence-electron chi connectivity index (χ4n) is 5.93. The average molecular weight is 364 g/mol. The zero-order chi connectivity index (χ0) is 18.7. The van der Waals surface area contributed by atoms with Gasteiger partial charge < -0.3 is 5.11 Å². The van der Waals surface area contributed by atoms with Crippen molar-refractivity contribution >= 4 is 0 Å². The first-order valence-corrected chi connectivity index (χ1v) is 10.8. The molecule has 0 unspecified atom stereocenters. The van der Waals surface area contributed by atoms with E-state index < -0.39 is 0 Å². The number of hydrogen-bond donors (Lipinski definition) is 1. The summed E-state index contributed by atoms with van der Waals surface area (Å²) in [4.78, 5) is 2.79. The maximum Gasteiger partial charge on any atom is 0.115 e. The van der Waals surface area contributed by atoms with Gasteiger partial charge in [-0.3, -0.25) is 4.90 Å². The van der Waals surface area contributed by atoms with E-state index in [1.54, 1.807) is 0 Å². The third-order valence-corrected chi connectivity index (χ3v) is 7.16. The first-order valence-electron chi connectivity index (χ1n) is 10.8. The molecule has 0 amide bonds. The maximum absolute atomic E-state index is 10.1. The normalized spacial score (nSPS) is 28.2. The molecule has 2 aromatic rings. The van der Waals surface area contributed by atoms with Crippen molar-refractivity contribution in [2.75, 3.05) is 13.1 Å². The van der Waals surface area contributed by atoms with Crippen LogP contribution in [0.1, 0.15) is 56.6 Å². The Morgan fingerprint density at radius 1 is 1.07 bits per heavy atom. The second kappa shape index (κ2) is 8.06. The first kappa shape index (κ1) is 18.6. The number of fused-ring (bicyclic) bond motifs is 2. The van der Waals surface area contributed by atoms with Crippen molar-refractivity contribution in [1.29, 1.82) is 0 Å². The SMILES string of the molecule is CCC[C@H]1[C@@H]2CCC[C@]1(c1cccc(O)c1)CCN2CCc1ccccc1. The third kappa shape index (κ3) is 3.65. The Kier molecular flexibility index (Phi) is 5.54. The summed E-state index contributed by atoms with van der Waals surface area (Å²) >= 11 is 0. The smallest absolute Gasteiger partial charge is 0.115 e. The topological polar surface area (TPSA) is 23.5 Å². The van der Waals surface area contributed by atoms with Gasteiger partial charge >= 0.3 is 0 Å². The van der Waals surface area contributed by atoms with Crippen molar-refractivity contribution in [3.8, 4) is 5.75 Å². The van der Waals surface area contributed by atoms with E-state index in [-0.39, 0.29) is 5.41 Å². The van der Waals surface area contributed by atoms with E-state index in [0.29, 0.717) is 17.7 Å². The lowest BCUT2D eigenvalue weighted by atomic mass is 9.55. The average Bonchev–Trinajstić information content (AvgIpc) is 2.69. The minimum atomic E-state index is 0.265. The Labute approximate surface area is 164 Å². The predicted molar refractivity (Wildman–Crippen MR) is 112 cm³/mol. The molecule has 1 saturated heterocycles. The minimum Gasteiger partial charge on any atom is -0.508 e. The fourth-order valence-corrected chi connectivity index (χ4v) is 5.93. The standard InChI is InChI=1S/C25H33NO/c1-2-8-23-24-13-7-15-25(23,21-11-6-12-22(27)19-21)16-18-26(24)17-14-20-9-4-3-5-10-20/h3-6,9-12,19,23-24,27H,2,7-8,13-18H2,1H3/t23-,24-,25+/m0/s1. The number of benzene rings is 2. The van der Waals surface area contributed by atoms with Crippen molar-refractivity contribution in [3.05, 3.63) is 65.7 Å². The minimum absolute atomic E-state index is 0.265. The molecule has 2 aromatic carbocycles. The van der Waals surface area contributed by atoms with Gasteiger partial charge in [0.25, 0.3) is 0 Å². The molecule has 1 aliphatic carbocycles. The van der Waals surface area contributed by atoms with Gasteiger partial charge in [-0.2, -0.15) is 0 Å². The fraction of sp³-hybridized carbons (Fsp3) is 0.520. The van der Waals surface area contributed by atoms with Crippen LogP contribution in [0.2, 0.25) is 0 Å². The Morgan fingerprint density at radius 3 is 2.70 bits per heavy atom. The number of nitrogens with zero attached hydrogens (tertiary/aromatic N) is 1. The molecular formula is C25H33NO. The molecule has 0 radical (unpaired) electrons. The molecule has 2 bridgehead atoms. The van der Waals surface area contributed by atoms with E-state index >= 15 is 0 Å². The van der Waals surface area contributed by atoms with Gasteiger partial charge in [-0.1, -0.05) is 62.2 Å². The number of likely N-dealkylation sites (tertiary alicyclic amines) is 1. The van der Waals surface area contributed by atoms with Crippen LogP contribution in [-0.2, 0) is 11.8 Å². The zero-order valence-electron chi connectivity index (χ0n) is 16.6. The summed E-state index contributed by atoms with van der Waals surface area (Å²) in [6.45, 7) is 4.69. The summed E-state index contributed by atoms with van der Waals surface area (Å²) in [5.74, 6) is 1.13. The lowest BCUT2D eigenvalue weighted by Gasteiger charge is -2.57. The molecule has 2 fully saturated rings. The van der Waals surface area contributed by atoms with Crippen molar-refractivity contribution < 1.29 is 5.11 Å². The summed E-state index contributed by atoms with van der Waals surface area (Å²) in [6.07, 6.45) is 8.84. The molecule has 2 aliphatic rings. The molecule has 0 spiro atoms. The molecule has 1 aliphatic heterocycles. The summed E-state index contributed by atoms with van der Waals surface area (Å²) in [5.41, 5.74) is 3.10. The zero-order valence-corrected chi connectivity index (χ0v) is 16.6. The van der Waals surface area contributed by atoms with Crippen LogP contribution in [0.15, 0.2) is 54.6 Å². The van der Waals surface area contributed by atoms with E-state index in [1.807, 2.05) is 18.2 Å². The van der Waals surface area contributed by atoms with E-state index in [1.165, 1.54) is 62.7 Å². The van der Waals surface area contributed by atoms with Gasteiger partial charge in [0.1, 0.15) is 5.75 Å². The van der Waals surface area contributed by atoms with E-state index in [4.69, 9.17) is 0 Å². The number of phenolic OH excluding ortho intramolecular Hbond substituents is 1. The number of hydrogen-bond acceptors (Lipinski definition) is 2. The highest BCUT2D eigenvalue weighted by atomic mass is 16.3. The highest BCUT2D eigenvalue weighted by Gasteiger charge is 2.50. The van der Waals surface area contributed by atoms with E-state index in [0.717, 1.165) is 6.42 Å². The predicted octanol–water partition coefficient (Wildman–Crippen LogP) is 5.55. The van der Waals surface area contributed by atoms with E-state index in [9.17, 15) is 5.11 Å². The van der Waals surface area contributed by atoms with Gasteiger partial charge in [0.15, 0.2) is 0 Å². The van der Waals surface area contributed by atoms with Crippen LogP contribution in [0, 0.1) is 5.92 Å². The van der Waals surface area contributed by atoms with Gasteiger partial charge in [-0.15, -0.1) is 0 Å². The highest BCUT2D eigenvalue weighted by Crippen LogP contribution is 2.53. The van der Waals surface area contributed by atoms with Crippen LogP contribution in [0.5, 0.6) is 5.75 Å². The van der Waals surface area contributed by atoms with Crippen molar-refractivity contribution in [1.82, 2.24) is 4.90 Å². The van der Waals surface area contributed by atoms with Crippen molar-refractivity contribution in [3.63, 3.8) is 0 Å².